The number of morpholine rings is 1. The molecule has 1 aliphatic heterocycles. The number of hydrogen-bond acceptors (Lipinski definition) is 7. The number of rotatable bonds is 8. The van der Waals surface area contributed by atoms with Crippen LogP contribution in [0.3, 0.4) is 0 Å². The SMILES string of the molecule is O=C(NCc1ccnc(N2CCOCC2)c1)c1cccc(S(=O)(=O)NCc2cccs2)c1. The van der Waals surface area contributed by atoms with Crippen molar-refractivity contribution in [3.05, 3.63) is 76.1 Å². The molecule has 0 aliphatic carbocycles. The zero-order chi connectivity index (χ0) is 22.4. The molecule has 0 radical (unpaired) electrons. The molecule has 0 spiro atoms. The fraction of sp³-hybridized carbons (Fsp3) is 0.273. The number of anilines is 1. The molecule has 10 heteroatoms. The fourth-order valence-corrected chi connectivity index (χ4v) is 5.08. The number of thiophene rings is 1. The van der Waals surface area contributed by atoms with Crippen molar-refractivity contribution in [3.8, 4) is 0 Å². The van der Waals surface area contributed by atoms with E-state index in [2.05, 4.69) is 19.9 Å². The summed E-state index contributed by atoms with van der Waals surface area (Å²) in [6, 6.07) is 13.5. The standard InChI is InChI=1S/C22H24N4O4S2/c27-22(24-15-17-6-7-23-21(13-17)26-8-10-30-11-9-26)18-3-1-5-20(14-18)32(28,29)25-16-19-4-2-12-31-19/h1-7,12-14,25H,8-11,15-16H2,(H,24,27). The van der Waals surface area contributed by atoms with Crippen LogP contribution in [0.1, 0.15) is 20.8 Å². The van der Waals surface area contributed by atoms with Crippen molar-refractivity contribution in [1.82, 2.24) is 15.0 Å². The highest BCUT2D eigenvalue weighted by atomic mass is 32.2. The van der Waals surface area contributed by atoms with Crippen molar-refractivity contribution in [2.45, 2.75) is 18.0 Å². The van der Waals surface area contributed by atoms with Crippen LogP contribution < -0.4 is 14.9 Å². The van der Waals surface area contributed by atoms with Crippen molar-refractivity contribution < 1.29 is 17.9 Å². The first-order chi connectivity index (χ1) is 15.5. The maximum Gasteiger partial charge on any atom is 0.251 e. The minimum atomic E-state index is -3.72. The molecular formula is C22H24N4O4S2. The number of nitrogens with zero attached hydrogens (tertiary/aromatic N) is 2. The van der Waals surface area contributed by atoms with E-state index in [0.717, 1.165) is 29.3 Å². The van der Waals surface area contributed by atoms with E-state index >= 15 is 0 Å². The molecule has 0 saturated carbocycles. The van der Waals surface area contributed by atoms with Crippen LogP contribution >= 0.6 is 11.3 Å². The normalized spacial score (nSPS) is 14.3. The Hall–Kier alpha value is -2.79. The largest absolute Gasteiger partial charge is 0.378 e. The zero-order valence-electron chi connectivity index (χ0n) is 17.4. The van der Waals surface area contributed by atoms with E-state index in [1.807, 2.05) is 29.6 Å². The van der Waals surface area contributed by atoms with Crippen LogP contribution in [-0.4, -0.2) is 45.6 Å². The number of amides is 1. The third kappa shape index (κ3) is 5.71. The lowest BCUT2D eigenvalue weighted by Crippen LogP contribution is -2.36. The summed E-state index contributed by atoms with van der Waals surface area (Å²) < 4.78 is 33.2. The van der Waals surface area contributed by atoms with Crippen LogP contribution in [0.2, 0.25) is 0 Å². The summed E-state index contributed by atoms with van der Waals surface area (Å²) in [5, 5.41) is 4.75. The van der Waals surface area contributed by atoms with Gasteiger partial charge in [0, 0.05) is 42.8 Å². The van der Waals surface area contributed by atoms with Crippen LogP contribution in [0.5, 0.6) is 0 Å². The Bertz CT molecular complexity index is 1160. The minimum Gasteiger partial charge on any atom is -0.378 e. The van der Waals surface area contributed by atoms with Gasteiger partial charge in [-0.1, -0.05) is 12.1 Å². The summed E-state index contributed by atoms with van der Waals surface area (Å²) in [6.07, 6.45) is 1.72. The second-order valence-corrected chi connectivity index (χ2v) is 10.0. The van der Waals surface area contributed by atoms with Gasteiger partial charge in [-0.2, -0.15) is 0 Å². The summed E-state index contributed by atoms with van der Waals surface area (Å²) in [5.41, 5.74) is 1.20. The minimum absolute atomic E-state index is 0.0558. The molecule has 1 amide bonds. The molecule has 1 aromatic carbocycles. The van der Waals surface area contributed by atoms with Gasteiger partial charge < -0.3 is 15.0 Å². The second-order valence-electron chi connectivity index (χ2n) is 7.24. The van der Waals surface area contributed by atoms with Crippen molar-refractivity contribution in [2.24, 2.45) is 0 Å². The Kier molecular flexibility index (Phi) is 7.15. The maximum absolute atomic E-state index is 12.7. The lowest BCUT2D eigenvalue weighted by molar-refractivity contribution is 0.0950. The lowest BCUT2D eigenvalue weighted by atomic mass is 10.2. The molecule has 0 atom stereocenters. The van der Waals surface area contributed by atoms with Gasteiger partial charge in [-0.15, -0.1) is 11.3 Å². The Labute approximate surface area is 191 Å². The van der Waals surface area contributed by atoms with Crippen LogP contribution in [0.4, 0.5) is 5.82 Å². The van der Waals surface area contributed by atoms with Gasteiger partial charge in [0.15, 0.2) is 0 Å². The van der Waals surface area contributed by atoms with Crippen LogP contribution in [-0.2, 0) is 27.8 Å². The van der Waals surface area contributed by atoms with E-state index in [9.17, 15) is 13.2 Å². The summed E-state index contributed by atoms with van der Waals surface area (Å²) in [4.78, 5) is 20.2. The monoisotopic (exact) mass is 472 g/mol. The smallest absolute Gasteiger partial charge is 0.251 e. The second kappa shape index (κ2) is 10.2. The molecule has 3 heterocycles. The number of hydrogen-bond donors (Lipinski definition) is 2. The van der Waals surface area contributed by atoms with E-state index in [4.69, 9.17) is 4.74 Å². The summed E-state index contributed by atoms with van der Waals surface area (Å²) in [6.45, 7) is 3.43. The Balaban J connectivity index is 1.38. The third-order valence-electron chi connectivity index (χ3n) is 5.02. The van der Waals surface area contributed by atoms with Gasteiger partial charge in [-0.25, -0.2) is 18.1 Å². The molecule has 4 rings (SSSR count). The molecule has 0 bridgehead atoms. The summed E-state index contributed by atoms with van der Waals surface area (Å²) in [7, 11) is -3.72. The Morgan fingerprint density at radius 3 is 2.72 bits per heavy atom. The fourth-order valence-electron chi connectivity index (χ4n) is 3.29. The molecule has 168 valence electrons. The molecule has 1 aliphatic rings. The number of ether oxygens (including phenoxy) is 1. The average Bonchev–Trinajstić information content (AvgIpc) is 3.36. The van der Waals surface area contributed by atoms with Gasteiger partial charge in [0.1, 0.15) is 5.82 Å². The number of carbonyl (C=O) groups excluding carboxylic acids is 1. The average molecular weight is 473 g/mol. The van der Waals surface area contributed by atoms with Crippen molar-refractivity contribution in [2.75, 3.05) is 31.2 Å². The molecule has 1 fully saturated rings. The van der Waals surface area contributed by atoms with E-state index in [0.29, 0.717) is 19.8 Å². The van der Waals surface area contributed by atoms with Gasteiger partial charge in [-0.3, -0.25) is 4.79 Å². The highest BCUT2D eigenvalue weighted by Gasteiger charge is 2.17. The lowest BCUT2D eigenvalue weighted by Gasteiger charge is -2.28. The van der Waals surface area contributed by atoms with Crippen LogP contribution in [0, 0.1) is 0 Å². The highest BCUT2D eigenvalue weighted by Crippen LogP contribution is 2.16. The summed E-state index contributed by atoms with van der Waals surface area (Å²) >= 11 is 1.48. The number of nitrogens with one attached hydrogen (secondary N) is 2. The summed E-state index contributed by atoms with van der Waals surface area (Å²) in [5.74, 6) is 0.509. The quantitative estimate of drug-likeness (QED) is 0.522. The van der Waals surface area contributed by atoms with Crippen molar-refractivity contribution in [1.29, 1.82) is 0 Å². The number of aromatic nitrogens is 1. The van der Waals surface area contributed by atoms with Gasteiger partial charge in [-0.05, 0) is 47.3 Å². The number of sulfonamides is 1. The predicted molar refractivity (Wildman–Crippen MR) is 123 cm³/mol. The number of pyridine rings is 1. The molecule has 0 unspecified atom stereocenters. The van der Waals surface area contributed by atoms with E-state index < -0.39 is 10.0 Å². The molecule has 32 heavy (non-hydrogen) atoms. The molecule has 2 aromatic heterocycles. The molecular weight excluding hydrogens is 448 g/mol. The molecule has 3 aromatic rings. The van der Waals surface area contributed by atoms with Crippen LogP contribution in [0.15, 0.2) is 65.0 Å². The van der Waals surface area contributed by atoms with Gasteiger partial charge >= 0.3 is 0 Å². The Morgan fingerprint density at radius 2 is 1.94 bits per heavy atom. The van der Waals surface area contributed by atoms with E-state index in [-0.39, 0.29) is 22.9 Å². The third-order valence-corrected chi connectivity index (χ3v) is 7.30. The Morgan fingerprint density at radius 1 is 1.09 bits per heavy atom. The van der Waals surface area contributed by atoms with Crippen molar-refractivity contribution in [3.63, 3.8) is 0 Å². The predicted octanol–water partition coefficient (Wildman–Crippen LogP) is 2.39. The zero-order valence-corrected chi connectivity index (χ0v) is 19.0. The highest BCUT2D eigenvalue weighted by molar-refractivity contribution is 7.89. The first kappa shape index (κ1) is 22.4. The maximum atomic E-state index is 12.7. The van der Waals surface area contributed by atoms with Crippen molar-refractivity contribution >= 4 is 33.1 Å². The van der Waals surface area contributed by atoms with Crippen LogP contribution in [0.25, 0.3) is 0 Å². The van der Waals surface area contributed by atoms with E-state index in [1.54, 1.807) is 18.3 Å². The topological polar surface area (TPSA) is 101 Å². The van der Waals surface area contributed by atoms with E-state index in [1.165, 1.54) is 23.5 Å². The first-order valence-electron chi connectivity index (χ1n) is 10.2. The molecule has 2 N–H and O–H groups in total. The molecule has 1 saturated heterocycles. The van der Waals surface area contributed by atoms with Gasteiger partial charge in [0.2, 0.25) is 10.0 Å². The number of carbonyl (C=O) groups is 1. The first-order valence-corrected chi connectivity index (χ1v) is 12.6. The van der Waals surface area contributed by atoms with Gasteiger partial charge in [0.05, 0.1) is 18.1 Å². The number of benzene rings is 1. The van der Waals surface area contributed by atoms with Gasteiger partial charge in [0.25, 0.3) is 5.91 Å². The molecule has 8 nitrogen and oxygen atoms in total.